The van der Waals surface area contributed by atoms with Crippen LogP contribution in [0.15, 0.2) is 84.4 Å². The van der Waals surface area contributed by atoms with Crippen LogP contribution in [0.4, 0.5) is 9.80 Å². The molecule has 4 aromatic rings. The summed E-state index contributed by atoms with van der Waals surface area (Å²) in [7, 11) is 0. The van der Waals surface area contributed by atoms with Crippen LogP contribution in [-0.2, 0) is 21.6 Å². The van der Waals surface area contributed by atoms with E-state index in [4.69, 9.17) is 4.74 Å². The summed E-state index contributed by atoms with van der Waals surface area (Å²) in [6, 6.07) is 25.2. The third-order valence-electron chi connectivity index (χ3n) is 6.08. The molecule has 6 nitrogen and oxygen atoms in total. The number of carbonyl (C=O) groups excluding carboxylic acids is 1. The fourth-order valence-corrected chi connectivity index (χ4v) is 4.63. The summed E-state index contributed by atoms with van der Waals surface area (Å²) in [5, 5.41) is 12.9. The zero-order valence-electron chi connectivity index (χ0n) is 18.2. The van der Waals surface area contributed by atoms with Crippen molar-refractivity contribution in [2.45, 2.75) is 24.9 Å². The number of anilines is 1. The molecule has 1 amide bonds. The molecule has 1 aromatic heterocycles. The van der Waals surface area contributed by atoms with Crippen molar-refractivity contribution >= 4 is 28.4 Å². The van der Waals surface area contributed by atoms with Crippen LogP contribution in [0.1, 0.15) is 24.0 Å². The predicted octanol–water partition coefficient (Wildman–Crippen LogP) is 6.34. The van der Waals surface area contributed by atoms with E-state index in [-0.39, 0.29) is 6.61 Å². The lowest BCUT2D eigenvalue weighted by molar-refractivity contribution is -0.140. The van der Waals surface area contributed by atoms with Crippen molar-refractivity contribution in [3.05, 3.63) is 95.5 Å². The number of carbonyl (C=O) groups is 2. The number of aromatic nitrogens is 1. The van der Waals surface area contributed by atoms with Gasteiger partial charge in [0.2, 0.25) is 0 Å². The first-order chi connectivity index (χ1) is 16.5. The minimum atomic E-state index is -0.749. The van der Waals surface area contributed by atoms with Gasteiger partial charge in [0, 0.05) is 5.56 Å². The molecule has 5 rings (SSSR count). The summed E-state index contributed by atoms with van der Waals surface area (Å²) in [5.74, 6) is -0.749. The standard InChI is InChI=1S/C27H22N2O4S/c30-25(31)27(14-15-27)22-12-10-20(11-13-22)19-6-8-21(9-7-19)23-24(34-17-28-23)29-26(32)33-16-18-4-2-1-3-5-18/h1-13,17H,14-16H2,(H,29,32)(H,30,31). The Morgan fingerprint density at radius 2 is 1.53 bits per heavy atom. The van der Waals surface area contributed by atoms with E-state index in [0.29, 0.717) is 23.5 Å². The van der Waals surface area contributed by atoms with Gasteiger partial charge in [-0.05, 0) is 35.1 Å². The molecule has 1 aliphatic rings. The second kappa shape index (κ2) is 9.11. The van der Waals surface area contributed by atoms with Gasteiger partial charge in [0.15, 0.2) is 0 Å². The molecule has 1 heterocycles. The fraction of sp³-hybridized carbons (Fsp3) is 0.148. The van der Waals surface area contributed by atoms with Crippen molar-refractivity contribution in [1.29, 1.82) is 0 Å². The molecule has 0 aliphatic heterocycles. The third kappa shape index (κ3) is 4.43. The smallest absolute Gasteiger partial charge is 0.412 e. The molecule has 0 unspecified atom stereocenters. The van der Waals surface area contributed by atoms with E-state index in [1.165, 1.54) is 11.3 Å². The number of thiazole rings is 1. The molecule has 0 spiro atoms. The maximum absolute atomic E-state index is 12.3. The maximum atomic E-state index is 12.3. The largest absolute Gasteiger partial charge is 0.481 e. The molecule has 1 saturated carbocycles. The van der Waals surface area contributed by atoms with Gasteiger partial charge in [-0.1, -0.05) is 78.9 Å². The van der Waals surface area contributed by atoms with Crippen LogP contribution in [0.2, 0.25) is 0 Å². The molecule has 170 valence electrons. The number of amides is 1. The van der Waals surface area contributed by atoms with E-state index in [0.717, 1.165) is 27.8 Å². The lowest BCUT2D eigenvalue weighted by Crippen LogP contribution is -2.19. The molecular weight excluding hydrogens is 448 g/mol. The summed E-state index contributed by atoms with van der Waals surface area (Å²) in [4.78, 5) is 28.2. The van der Waals surface area contributed by atoms with Crippen LogP contribution < -0.4 is 5.32 Å². The highest BCUT2D eigenvalue weighted by atomic mass is 32.1. The minimum absolute atomic E-state index is 0.196. The zero-order chi connectivity index (χ0) is 23.5. The van der Waals surface area contributed by atoms with Crippen molar-refractivity contribution < 1.29 is 19.4 Å². The van der Waals surface area contributed by atoms with E-state index < -0.39 is 17.5 Å². The summed E-state index contributed by atoms with van der Waals surface area (Å²) >= 11 is 1.34. The average Bonchev–Trinajstić information content (AvgIpc) is 3.57. The molecule has 0 bridgehead atoms. The maximum Gasteiger partial charge on any atom is 0.412 e. The summed E-state index contributed by atoms with van der Waals surface area (Å²) < 4.78 is 5.31. The first-order valence-corrected chi connectivity index (χ1v) is 11.8. The van der Waals surface area contributed by atoms with Crippen LogP contribution in [0.3, 0.4) is 0 Å². The Balaban J connectivity index is 1.26. The van der Waals surface area contributed by atoms with Crippen LogP contribution >= 0.6 is 11.3 Å². The topological polar surface area (TPSA) is 88.5 Å². The van der Waals surface area contributed by atoms with E-state index >= 15 is 0 Å². The average molecular weight is 471 g/mol. The first kappa shape index (κ1) is 21.9. The van der Waals surface area contributed by atoms with E-state index in [2.05, 4.69) is 10.3 Å². The Morgan fingerprint density at radius 1 is 0.912 bits per heavy atom. The number of hydrogen-bond acceptors (Lipinski definition) is 5. The van der Waals surface area contributed by atoms with Crippen LogP contribution in [0.5, 0.6) is 0 Å². The SMILES string of the molecule is O=C(Nc1scnc1-c1ccc(-c2ccc(C3(C(=O)O)CC3)cc2)cc1)OCc1ccccc1. The predicted molar refractivity (Wildman–Crippen MR) is 132 cm³/mol. The Labute approximate surface area is 200 Å². The van der Waals surface area contributed by atoms with Crippen LogP contribution in [0.25, 0.3) is 22.4 Å². The van der Waals surface area contributed by atoms with Gasteiger partial charge in [-0.3, -0.25) is 10.1 Å². The molecule has 34 heavy (non-hydrogen) atoms. The quantitative estimate of drug-likeness (QED) is 0.329. The van der Waals surface area contributed by atoms with Crippen molar-refractivity contribution in [2.24, 2.45) is 0 Å². The van der Waals surface area contributed by atoms with Crippen molar-refractivity contribution in [2.75, 3.05) is 5.32 Å². The Bertz CT molecular complexity index is 1310. The van der Waals surface area contributed by atoms with Gasteiger partial charge in [0.25, 0.3) is 0 Å². The number of nitrogens with zero attached hydrogens (tertiary/aromatic N) is 1. The molecule has 3 aromatic carbocycles. The third-order valence-corrected chi connectivity index (χ3v) is 6.83. The molecule has 0 radical (unpaired) electrons. The van der Waals surface area contributed by atoms with E-state index in [1.807, 2.05) is 78.9 Å². The lowest BCUT2D eigenvalue weighted by Gasteiger charge is -2.11. The zero-order valence-corrected chi connectivity index (χ0v) is 19.0. The molecule has 1 fully saturated rings. The molecule has 7 heteroatoms. The number of hydrogen-bond donors (Lipinski definition) is 2. The number of rotatable bonds is 7. The second-order valence-corrected chi connectivity index (χ2v) is 9.11. The highest BCUT2D eigenvalue weighted by Crippen LogP contribution is 2.48. The molecule has 0 atom stereocenters. The monoisotopic (exact) mass is 470 g/mol. The molecule has 2 N–H and O–H groups in total. The van der Waals surface area contributed by atoms with Gasteiger partial charge in [-0.15, -0.1) is 11.3 Å². The second-order valence-electron chi connectivity index (χ2n) is 8.26. The number of carboxylic acid groups (broad SMARTS) is 1. The van der Waals surface area contributed by atoms with Crippen LogP contribution in [-0.4, -0.2) is 22.2 Å². The van der Waals surface area contributed by atoms with Crippen LogP contribution in [0, 0.1) is 0 Å². The number of ether oxygens (including phenoxy) is 1. The Hall–Kier alpha value is -3.97. The summed E-state index contributed by atoms with van der Waals surface area (Å²) in [6.45, 7) is 0.196. The highest BCUT2D eigenvalue weighted by Gasteiger charge is 2.51. The highest BCUT2D eigenvalue weighted by molar-refractivity contribution is 7.14. The van der Waals surface area contributed by atoms with Gasteiger partial charge in [0.05, 0.1) is 10.9 Å². The first-order valence-electron chi connectivity index (χ1n) is 10.9. The lowest BCUT2D eigenvalue weighted by atomic mass is 9.93. The van der Waals surface area contributed by atoms with Crippen molar-refractivity contribution in [3.8, 4) is 22.4 Å². The van der Waals surface area contributed by atoms with Gasteiger partial charge >= 0.3 is 12.1 Å². The number of aliphatic carboxylic acids is 1. The van der Waals surface area contributed by atoms with E-state index in [9.17, 15) is 14.7 Å². The van der Waals surface area contributed by atoms with Gasteiger partial charge < -0.3 is 9.84 Å². The summed E-state index contributed by atoms with van der Waals surface area (Å²) in [5.41, 5.74) is 6.35. The molecule has 1 aliphatic carbocycles. The molecule has 0 saturated heterocycles. The van der Waals surface area contributed by atoms with Gasteiger partial charge in [-0.2, -0.15) is 0 Å². The Morgan fingerprint density at radius 3 is 2.15 bits per heavy atom. The number of benzene rings is 3. The van der Waals surface area contributed by atoms with Gasteiger partial charge in [0.1, 0.15) is 17.3 Å². The number of carboxylic acids is 1. The van der Waals surface area contributed by atoms with Gasteiger partial charge in [-0.25, -0.2) is 9.78 Å². The number of nitrogens with one attached hydrogen (secondary N) is 1. The van der Waals surface area contributed by atoms with E-state index in [1.54, 1.807) is 5.51 Å². The normalized spacial score (nSPS) is 13.8. The van der Waals surface area contributed by atoms with Crippen molar-refractivity contribution in [3.63, 3.8) is 0 Å². The van der Waals surface area contributed by atoms with Crippen molar-refractivity contribution in [1.82, 2.24) is 4.98 Å². The summed E-state index contributed by atoms with van der Waals surface area (Å²) in [6.07, 6.45) is 0.862. The Kier molecular flexibility index (Phi) is 5.86. The fourth-order valence-electron chi connectivity index (χ4n) is 3.95. The minimum Gasteiger partial charge on any atom is -0.481 e. The molecular formula is C27H22N2O4S.